The minimum atomic E-state index is -5.00. The number of fused-ring (bicyclic) bond motifs is 1. The Balaban J connectivity index is 1.79. The quantitative estimate of drug-likeness (QED) is 0.469. The highest BCUT2D eigenvalue weighted by atomic mass is 19.4. The van der Waals surface area contributed by atoms with Crippen LogP contribution >= 0.6 is 0 Å². The van der Waals surface area contributed by atoms with Crippen LogP contribution in [0.15, 0.2) is 73.1 Å². The molecule has 164 valence electrons. The summed E-state index contributed by atoms with van der Waals surface area (Å²) in [5.41, 5.74) is -2.47. The van der Waals surface area contributed by atoms with Gasteiger partial charge in [-0.15, -0.1) is 6.58 Å². The molecule has 2 unspecified atom stereocenters. The third-order valence-corrected chi connectivity index (χ3v) is 5.63. The molecule has 1 aliphatic rings. The third-order valence-electron chi connectivity index (χ3n) is 5.63. The molecule has 1 aliphatic heterocycles. The molecule has 0 spiro atoms. The minimum absolute atomic E-state index is 0.0581. The molecule has 3 aromatic rings. The summed E-state index contributed by atoms with van der Waals surface area (Å²) >= 11 is 0. The Morgan fingerprint density at radius 1 is 1.22 bits per heavy atom. The molecule has 5 nitrogen and oxygen atoms in total. The SMILES string of the molecule is C=CCN1CC(C(O)(c2ccc3c(cnn3-c3ccc(F)cc3)c2)C(F)(F)F)C=C1C#N. The number of nitrogens with zero attached hydrogens (tertiary/aromatic N) is 4. The molecule has 0 radical (unpaired) electrons. The highest BCUT2D eigenvalue weighted by Crippen LogP contribution is 2.48. The molecule has 0 saturated heterocycles. The first kappa shape index (κ1) is 21.6. The Morgan fingerprint density at radius 2 is 1.94 bits per heavy atom. The van der Waals surface area contributed by atoms with Gasteiger partial charge in [0.25, 0.3) is 0 Å². The van der Waals surface area contributed by atoms with E-state index in [4.69, 9.17) is 0 Å². The Morgan fingerprint density at radius 3 is 2.56 bits per heavy atom. The summed E-state index contributed by atoms with van der Waals surface area (Å²) in [4.78, 5) is 1.44. The molecule has 2 heterocycles. The molecule has 0 amide bonds. The lowest BCUT2D eigenvalue weighted by molar-refractivity contribution is -0.281. The molecule has 2 atom stereocenters. The van der Waals surface area contributed by atoms with Gasteiger partial charge in [0.05, 0.1) is 17.4 Å². The van der Waals surface area contributed by atoms with Crippen LogP contribution in [-0.2, 0) is 5.60 Å². The standard InChI is InChI=1S/C23H18F4N4O/c1-2-9-30-14-17(11-20(30)12-28)22(32,23(25,26)27)16-3-8-21-15(10-16)13-29-31(21)19-6-4-18(24)5-7-19/h2-8,10-11,13,17,32H,1,9,14H2. The van der Waals surface area contributed by atoms with E-state index in [-0.39, 0.29) is 24.4 Å². The maximum absolute atomic E-state index is 14.2. The fourth-order valence-corrected chi connectivity index (χ4v) is 4.02. The van der Waals surface area contributed by atoms with E-state index in [1.54, 1.807) is 0 Å². The van der Waals surface area contributed by atoms with Gasteiger partial charge < -0.3 is 10.0 Å². The normalized spacial score (nSPS) is 18.3. The predicted molar refractivity (Wildman–Crippen MR) is 110 cm³/mol. The number of hydrogen-bond acceptors (Lipinski definition) is 4. The molecule has 0 fully saturated rings. The average Bonchev–Trinajstić information content (AvgIpc) is 3.37. The zero-order valence-corrected chi connectivity index (χ0v) is 16.7. The van der Waals surface area contributed by atoms with Crippen LogP contribution in [0.4, 0.5) is 17.6 Å². The second kappa shape index (κ2) is 7.80. The monoisotopic (exact) mass is 442 g/mol. The smallest absolute Gasteiger partial charge is 0.376 e. The Hall–Kier alpha value is -3.64. The lowest BCUT2D eigenvalue weighted by Gasteiger charge is -2.36. The van der Waals surface area contributed by atoms with Crippen LogP contribution in [0.5, 0.6) is 0 Å². The third kappa shape index (κ3) is 3.42. The van der Waals surface area contributed by atoms with Gasteiger partial charge in [-0.1, -0.05) is 12.1 Å². The number of aromatic nitrogens is 2. The van der Waals surface area contributed by atoms with Gasteiger partial charge in [0, 0.05) is 24.4 Å². The van der Waals surface area contributed by atoms with Gasteiger partial charge in [-0.2, -0.15) is 23.5 Å². The van der Waals surface area contributed by atoms with Crippen molar-refractivity contribution in [2.75, 3.05) is 13.1 Å². The zero-order valence-electron chi connectivity index (χ0n) is 16.7. The molecule has 1 aromatic heterocycles. The predicted octanol–water partition coefficient (Wildman–Crippen LogP) is 4.44. The van der Waals surface area contributed by atoms with Crippen molar-refractivity contribution >= 4 is 10.9 Å². The number of benzene rings is 2. The van der Waals surface area contributed by atoms with Gasteiger partial charge in [-0.05, 0) is 48.0 Å². The summed E-state index contributed by atoms with van der Waals surface area (Å²) in [5, 5.41) is 24.9. The number of hydrogen-bond donors (Lipinski definition) is 1. The number of allylic oxidation sites excluding steroid dienone is 1. The molecule has 32 heavy (non-hydrogen) atoms. The largest absolute Gasteiger partial charge is 0.422 e. The van der Waals surface area contributed by atoms with Crippen molar-refractivity contribution in [2.45, 2.75) is 11.8 Å². The van der Waals surface area contributed by atoms with Gasteiger partial charge in [-0.3, -0.25) is 0 Å². The van der Waals surface area contributed by atoms with Crippen molar-refractivity contribution in [2.24, 2.45) is 5.92 Å². The highest BCUT2D eigenvalue weighted by molar-refractivity contribution is 5.81. The maximum Gasteiger partial charge on any atom is 0.422 e. The zero-order chi connectivity index (χ0) is 23.1. The van der Waals surface area contributed by atoms with Crippen LogP contribution in [0.3, 0.4) is 0 Å². The van der Waals surface area contributed by atoms with Crippen molar-refractivity contribution in [1.82, 2.24) is 14.7 Å². The fourth-order valence-electron chi connectivity index (χ4n) is 4.02. The van der Waals surface area contributed by atoms with E-state index in [2.05, 4.69) is 11.7 Å². The second-order valence-electron chi connectivity index (χ2n) is 7.53. The molecule has 0 bridgehead atoms. The van der Waals surface area contributed by atoms with Crippen LogP contribution in [-0.4, -0.2) is 39.1 Å². The first-order valence-electron chi connectivity index (χ1n) is 9.70. The van der Waals surface area contributed by atoms with Crippen molar-refractivity contribution < 1.29 is 22.7 Å². The van der Waals surface area contributed by atoms with Gasteiger partial charge in [0.2, 0.25) is 0 Å². The van der Waals surface area contributed by atoms with E-state index < -0.39 is 23.5 Å². The van der Waals surface area contributed by atoms with Gasteiger partial charge in [-0.25, -0.2) is 9.07 Å². The van der Waals surface area contributed by atoms with Crippen molar-refractivity contribution in [3.05, 3.63) is 84.5 Å². The van der Waals surface area contributed by atoms with Crippen molar-refractivity contribution in [1.29, 1.82) is 5.26 Å². The van der Waals surface area contributed by atoms with Gasteiger partial charge >= 0.3 is 6.18 Å². The second-order valence-corrected chi connectivity index (χ2v) is 7.53. The van der Waals surface area contributed by atoms with Crippen LogP contribution in [0.2, 0.25) is 0 Å². The van der Waals surface area contributed by atoms with Crippen LogP contribution in [0.25, 0.3) is 16.6 Å². The van der Waals surface area contributed by atoms with Gasteiger partial charge in [0.1, 0.15) is 17.6 Å². The number of nitriles is 1. The topological polar surface area (TPSA) is 65.1 Å². The van der Waals surface area contributed by atoms with Crippen LogP contribution < -0.4 is 0 Å². The Kier molecular flexibility index (Phi) is 5.26. The first-order valence-corrected chi connectivity index (χ1v) is 9.70. The summed E-state index contributed by atoms with van der Waals surface area (Å²) in [6.45, 7) is 3.57. The van der Waals surface area contributed by atoms with E-state index in [1.807, 2.05) is 6.07 Å². The molecular formula is C23H18F4N4O. The summed E-state index contributed by atoms with van der Waals surface area (Å²) in [7, 11) is 0. The lowest BCUT2D eigenvalue weighted by atomic mass is 9.80. The molecule has 4 rings (SSSR count). The molecule has 0 saturated carbocycles. The Bertz CT molecular complexity index is 1240. The molecule has 1 N–H and O–H groups in total. The summed E-state index contributed by atoms with van der Waals surface area (Å²) in [6.07, 6.45) is -0.979. The van der Waals surface area contributed by atoms with E-state index in [1.165, 1.54) is 64.3 Å². The molecular weight excluding hydrogens is 424 g/mol. The molecule has 9 heteroatoms. The summed E-state index contributed by atoms with van der Waals surface area (Å²) in [6, 6.07) is 11.3. The fraction of sp³-hybridized carbons (Fsp3) is 0.217. The first-order chi connectivity index (χ1) is 15.2. The van der Waals surface area contributed by atoms with Crippen molar-refractivity contribution in [3.63, 3.8) is 0 Å². The van der Waals surface area contributed by atoms with E-state index >= 15 is 0 Å². The van der Waals surface area contributed by atoms with Crippen molar-refractivity contribution in [3.8, 4) is 11.8 Å². The number of rotatable bonds is 5. The Labute approximate surface area is 181 Å². The average molecular weight is 442 g/mol. The molecule has 0 aliphatic carbocycles. The minimum Gasteiger partial charge on any atom is -0.376 e. The number of aliphatic hydroxyl groups is 1. The highest BCUT2D eigenvalue weighted by Gasteiger charge is 2.60. The number of alkyl halides is 3. The maximum atomic E-state index is 14.2. The van der Waals surface area contributed by atoms with E-state index in [0.717, 1.165) is 6.08 Å². The van der Waals surface area contributed by atoms with Crippen LogP contribution in [0.1, 0.15) is 5.56 Å². The van der Waals surface area contributed by atoms with E-state index in [9.17, 15) is 27.9 Å². The number of halogens is 4. The molecule has 2 aromatic carbocycles. The lowest BCUT2D eigenvalue weighted by Crippen LogP contribution is -2.49. The van der Waals surface area contributed by atoms with E-state index in [0.29, 0.717) is 16.6 Å². The summed E-state index contributed by atoms with van der Waals surface area (Å²) in [5.74, 6) is -1.81. The van der Waals surface area contributed by atoms with Crippen LogP contribution in [0, 0.1) is 23.1 Å². The summed E-state index contributed by atoms with van der Waals surface area (Å²) < 4.78 is 57.4. The van der Waals surface area contributed by atoms with Gasteiger partial charge in [0.15, 0.2) is 5.60 Å².